The molecular weight excluding hydrogens is 464 g/mol. The zero-order valence-electron chi connectivity index (χ0n) is 21.1. The smallest absolute Gasteiger partial charge is 0.335 e. The molecule has 7 nitrogen and oxygen atoms in total. The predicted molar refractivity (Wildman–Crippen MR) is 143 cm³/mol. The molecule has 0 radical (unpaired) electrons. The Balaban J connectivity index is 1.42. The monoisotopic (exact) mass is 494 g/mol. The van der Waals surface area contributed by atoms with Gasteiger partial charge in [0.05, 0.1) is 16.8 Å². The van der Waals surface area contributed by atoms with Gasteiger partial charge in [0.15, 0.2) is 0 Å². The van der Waals surface area contributed by atoms with Crippen LogP contribution in [0.4, 0.5) is 5.95 Å². The van der Waals surface area contributed by atoms with Crippen molar-refractivity contribution in [1.82, 2.24) is 14.9 Å². The first-order chi connectivity index (χ1) is 18.0. The maximum absolute atomic E-state index is 11.1. The number of anilines is 1. The summed E-state index contributed by atoms with van der Waals surface area (Å²) in [6.07, 6.45) is 0.801. The summed E-state index contributed by atoms with van der Waals surface area (Å²) in [5.41, 5.74) is 6.59. The van der Waals surface area contributed by atoms with Crippen molar-refractivity contribution in [1.29, 1.82) is 0 Å². The van der Waals surface area contributed by atoms with Gasteiger partial charge in [0.1, 0.15) is 5.75 Å². The van der Waals surface area contributed by atoms with Crippen LogP contribution < -0.4 is 10.1 Å². The van der Waals surface area contributed by atoms with Crippen molar-refractivity contribution in [3.63, 3.8) is 0 Å². The zero-order chi connectivity index (χ0) is 25.8. The Labute approximate surface area is 216 Å². The number of nitrogens with zero attached hydrogens (tertiary/aromatic N) is 3. The largest absolute Gasteiger partial charge is 0.478 e. The molecule has 0 spiro atoms. The molecular formula is C30H30N4O3. The molecule has 1 aliphatic rings. The molecule has 1 aliphatic heterocycles. The minimum atomic E-state index is -0.938. The number of hydrogen-bond acceptors (Lipinski definition) is 6. The lowest BCUT2D eigenvalue weighted by atomic mass is 10.1. The van der Waals surface area contributed by atoms with Crippen LogP contribution in [0.3, 0.4) is 0 Å². The van der Waals surface area contributed by atoms with E-state index in [0.29, 0.717) is 24.9 Å². The van der Waals surface area contributed by atoms with E-state index >= 15 is 0 Å². The number of para-hydroxylation sites is 1. The van der Waals surface area contributed by atoms with Crippen molar-refractivity contribution in [2.24, 2.45) is 0 Å². The number of benzene rings is 3. The number of aryl methyl sites for hydroxylation is 2. The molecule has 0 unspecified atom stereocenters. The fourth-order valence-corrected chi connectivity index (χ4v) is 4.58. The Morgan fingerprint density at radius 3 is 2.38 bits per heavy atom. The van der Waals surface area contributed by atoms with Crippen molar-refractivity contribution in [2.45, 2.75) is 39.9 Å². The van der Waals surface area contributed by atoms with Crippen LogP contribution >= 0.6 is 0 Å². The Morgan fingerprint density at radius 1 is 0.946 bits per heavy atom. The summed E-state index contributed by atoms with van der Waals surface area (Å²) < 4.78 is 6.49. The van der Waals surface area contributed by atoms with Gasteiger partial charge in [0.2, 0.25) is 11.8 Å². The van der Waals surface area contributed by atoms with Crippen molar-refractivity contribution in [3.8, 4) is 11.6 Å². The number of carboxylic acids is 1. The third-order valence-corrected chi connectivity index (χ3v) is 6.61. The summed E-state index contributed by atoms with van der Waals surface area (Å²) in [6, 6.07) is 23.4. The van der Waals surface area contributed by atoms with E-state index in [2.05, 4.69) is 34.5 Å². The van der Waals surface area contributed by atoms with E-state index in [9.17, 15) is 4.79 Å². The molecule has 4 aromatic rings. The first-order valence-electron chi connectivity index (χ1n) is 12.4. The van der Waals surface area contributed by atoms with E-state index in [0.717, 1.165) is 53.2 Å². The molecule has 37 heavy (non-hydrogen) atoms. The summed E-state index contributed by atoms with van der Waals surface area (Å²) in [4.78, 5) is 23.2. The number of carbonyl (C=O) groups is 1. The van der Waals surface area contributed by atoms with Crippen molar-refractivity contribution in [2.75, 3.05) is 11.9 Å². The van der Waals surface area contributed by atoms with Gasteiger partial charge in [-0.2, -0.15) is 4.98 Å². The lowest BCUT2D eigenvalue weighted by Gasteiger charge is -2.29. The Bertz CT molecular complexity index is 1380. The van der Waals surface area contributed by atoms with E-state index in [1.165, 1.54) is 5.56 Å². The molecule has 0 saturated heterocycles. The molecule has 0 bridgehead atoms. The van der Waals surface area contributed by atoms with Gasteiger partial charge in [-0.25, -0.2) is 9.78 Å². The van der Waals surface area contributed by atoms with Crippen LogP contribution in [-0.4, -0.2) is 32.5 Å². The fraction of sp³-hybridized carbons (Fsp3) is 0.233. The summed E-state index contributed by atoms with van der Waals surface area (Å²) >= 11 is 0. The van der Waals surface area contributed by atoms with Crippen molar-refractivity contribution >= 4 is 11.9 Å². The number of hydrogen-bond donors (Lipinski definition) is 2. The Kier molecular flexibility index (Phi) is 7.14. The highest BCUT2D eigenvalue weighted by Crippen LogP contribution is 2.34. The van der Waals surface area contributed by atoms with E-state index < -0.39 is 5.97 Å². The first-order valence-corrected chi connectivity index (χ1v) is 12.4. The van der Waals surface area contributed by atoms with Crippen LogP contribution in [0.2, 0.25) is 0 Å². The number of rotatable bonds is 8. The van der Waals surface area contributed by atoms with Gasteiger partial charge in [-0.3, -0.25) is 4.90 Å². The Hall–Kier alpha value is -4.23. The summed E-state index contributed by atoms with van der Waals surface area (Å²) in [5.74, 6) is 0.952. The van der Waals surface area contributed by atoms with Crippen molar-refractivity contribution in [3.05, 3.63) is 112 Å². The number of carboxylic acid groups (broad SMARTS) is 1. The van der Waals surface area contributed by atoms with Crippen LogP contribution in [0.5, 0.6) is 11.6 Å². The lowest BCUT2D eigenvalue weighted by molar-refractivity contribution is 0.0697. The number of ether oxygens (including phenoxy) is 1. The maximum Gasteiger partial charge on any atom is 0.335 e. The quantitative estimate of drug-likeness (QED) is 0.322. The highest BCUT2D eigenvalue weighted by molar-refractivity contribution is 5.87. The highest BCUT2D eigenvalue weighted by atomic mass is 16.5. The van der Waals surface area contributed by atoms with Gasteiger partial charge in [-0.15, -0.1) is 0 Å². The molecule has 2 heterocycles. The highest BCUT2D eigenvalue weighted by Gasteiger charge is 2.25. The second-order valence-corrected chi connectivity index (χ2v) is 9.40. The summed E-state index contributed by atoms with van der Waals surface area (Å²) in [7, 11) is 0. The van der Waals surface area contributed by atoms with Gasteiger partial charge in [-0.05, 0) is 48.2 Å². The van der Waals surface area contributed by atoms with E-state index in [1.54, 1.807) is 24.3 Å². The normalized spacial score (nSPS) is 13.1. The van der Waals surface area contributed by atoms with Crippen LogP contribution in [0.15, 0.2) is 72.8 Å². The molecule has 0 amide bonds. The minimum absolute atomic E-state index is 0.262. The van der Waals surface area contributed by atoms with Gasteiger partial charge in [-0.1, -0.05) is 60.7 Å². The molecule has 0 atom stereocenters. The molecule has 5 rings (SSSR count). The second-order valence-electron chi connectivity index (χ2n) is 9.40. The number of aromatic nitrogens is 2. The van der Waals surface area contributed by atoms with Gasteiger partial charge < -0.3 is 15.2 Å². The molecule has 0 aliphatic carbocycles. The molecule has 3 aromatic carbocycles. The Morgan fingerprint density at radius 2 is 1.68 bits per heavy atom. The molecule has 2 N–H and O–H groups in total. The van der Waals surface area contributed by atoms with E-state index in [4.69, 9.17) is 19.8 Å². The van der Waals surface area contributed by atoms with Crippen LogP contribution in [0.1, 0.15) is 43.9 Å². The predicted octanol–water partition coefficient (Wildman–Crippen LogP) is 5.75. The van der Waals surface area contributed by atoms with Gasteiger partial charge >= 0.3 is 5.97 Å². The van der Waals surface area contributed by atoms with Crippen LogP contribution in [0, 0.1) is 13.8 Å². The number of aromatic carboxylic acids is 1. The average molecular weight is 495 g/mol. The summed E-state index contributed by atoms with van der Waals surface area (Å²) in [6.45, 7) is 7.02. The minimum Gasteiger partial charge on any atom is -0.478 e. The standard InChI is InChI=1S/C30H30N4O3/c1-20-7-6-8-21(2)27(20)37-28-25-19-34(18-23-9-4-3-5-10-23)16-15-26(25)32-30(33-28)31-17-22-11-13-24(14-12-22)29(35)36/h3-14H,15-19H2,1-2H3,(H,35,36)(H,31,32,33). The average Bonchev–Trinajstić information content (AvgIpc) is 2.90. The molecule has 7 heteroatoms. The number of nitrogens with one attached hydrogen (secondary N) is 1. The van der Waals surface area contributed by atoms with Crippen LogP contribution in [0.25, 0.3) is 0 Å². The van der Waals surface area contributed by atoms with Crippen molar-refractivity contribution < 1.29 is 14.6 Å². The van der Waals surface area contributed by atoms with E-state index in [-0.39, 0.29) is 5.56 Å². The van der Waals surface area contributed by atoms with Gasteiger partial charge in [0, 0.05) is 32.6 Å². The number of fused-ring (bicyclic) bond motifs is 1. The van der Waals surface area contributed by atoms with Gasteiger partial charge in [0.25, 0.3) is 0 Å². The molecule has 0 fully saturated rings. The molecule has 1 aromatic heterocycles. The third-order valence-electron chi connectivity index (χ3n) is 6.61. The zero-order valence-corrected chi connectivity index (χ0v) is 21.1. The topological polar surface area (TPSA) is 87.6 Å². The lowest BCUT2D eigenvalue weighted by Crippen LogP contribution is -2.31. The van der Waals surface area contributed by atoms with Crippen LogP contribution in [-0.2, 0) is 26.1 Å². The van der Waals surface area contributed by atoms with E-state index in [1.807, 2.05) is 38.1 Å². The molecule has 188 valence electrons. The fourth-order valence-electron chi connectivity index (χ4n) is 4.58. The SMILES string of the molecule is Cc1cccc(C)c1Oc1nc(NCc2ccc(C(=O)O)cc2)nc2c1CN(Cc1ccccc1)CC2. The summed E-state index contributed by atoms with van der Waals surface area (Å²) in [5, 5.41) is 12.4. The third kappa shape index (κ3) is 5.78. The second kappa shape index (κ2) is 10.8. The molecule has 0 saturated carbocycles. The maximum atomic E-state index is 11.1. The first kappa shape index (κ1) is 24.5.